The van der Waals surface area contributed by atoms with Gasteiger partial charge in [0.25, 0.3) is 11.2 Å². The van der Waals surface area contributed by atoms with Crippen LogP contribution in [0, 0.1) is 10.1 Å². The van der Waals surface area contributed by atoms with E-state index in [2.05, 4.69) is 6.92 Å². The molecule has 0 bridgehead atoms. The molecule has 2 rings (SSSR count). The van der Waals surface area contributed by atoms with Crippen molar-refractivity contribution in [1.82, 2.24) is 4.57 Å². The molecule has 6 nitrogen and oxygen atoms in total. The zero-order valence-corrected chi connectivity index (χ0v) is 12.4. The fourth-order valence-corrected chi connectivity index (χ4v) is 2.05. The van der Waals surface area contributed by atoms with Crippen LogP contribution in [0.3, 0.4) is 0 Å². The van der Waals surface area contributed by atoms with Crippen molar-refractivity contribution < 1.29 is 9.66 Å². The van der Waals surface area contributed by atoms with Crippen molar-refractivity contribution in [2.75, 3.05) is 6.61 Å². The average Bonchev–Trinajstić information content (AvgIpc) is 2.53. The van der Waals surface area contributed by atoms with E-state index in [1.165, 1.54) is 28.5 Å². The zero-order chi connectivity index (χ0) is 15.9. The average molecular weight is 302 g/mol. The number of benzene rings is 1. The van der Waals surface area contributed by atoms with Crippen LogP contribution in [0.15, 0.2) is 47.4 Å². The first-order chi connectivity index (χ1) is 10.6. The first-order valence-corrected chi connectivity index (χ1v) is 7.17. The highest BCUT2D eigenvalue weighted by molar-refractivity contribution is 5.27. The molecular weight excluding hydrogens is 284 g/mol. The molecule has 0 unspecified atom stereocenters. The third-order valence-electron chi connectivity index (χ3n) is 3.32. The van der Waals surface area contributed by atoms with Gasteiger partial charge in [0.15, 0.2) is 0 Å². The van der Waals surface area contributed by atoms with E-state index < -0.39 is 4.92 Å². The van der Waals surface area contributed by atoms with Gasteiger partial charge in [0.1, 0.15) is 5.75 Å². The molecule has 0 fully saturated rings. The molecule has 116 valence electrons. The van der Waals surface area contributed by atoms with Crippen LogP contribution in [-0.4, -0.2) is 16.1 Å². The van der Waals surface area contributed by atoms with Crippen molar-refractivity contribution in [3.8, 4) is 5.75 Å². The Morgan fingerprint density at radius 3 is 2.55 bits per heavy atom. The van der Waals surface area contributed by atoms with Gasteiger partial charge in [-0.2, -0.15) is 0 Å². The smallest absolute Gasteiger partial charge is 0.285 e. The summed E-state index contributed by atoms with van der Waals surface area (Å²) < 4.78 is 6.93. The van der Waals surface area contributed by atoms with Crippen LogP contribution in [0.2, 0.25) is 0 Å². The summed E-state index contributed by atoms with van der Waals surface area (Å²) in [6, 6.07) is 10.3. The van der Waals surface area contributed by atoms with Gasteiger partial charge in [0, 0.05) is 18.7 Å². The number of aromatic nitrogens is 1. The predicted molar refractivity (Wildman–Crippen MR) is 83.3 cm³/mol. The van der Waals surface area contributed by atoms with Crippen LogP contribution in [0.5, 0.6) is 5.75 Å². The Morgan fingerprint density at radius 2 is 1.91 bits per heavy atom. The van der Waals surface area contributed by atoms with E-state index in [0.29, 0.717) is 19.6 Å². The van der Waals surface area contributed by atoms with Crippen molar-refractivity contribution in [1.29, 1.82) is 0 Å². The van der Waals surface area contributed by atoms with Crippen LogP contribution < -0.4 is 10.3 Å². The van der Waals surface area contributed by atoms with Crippen molar-refractivity contribution in [2.45, 2.75) is 26.3 Å². The molecule has 22 heavy (non-hydrogen) atoms. The molecule has 1 aromatic heterocycles. The highest BCUT2D eigenvalue weighted by Crippen LogP contribution is 2.13. The molecule has 0 saturated carbocycles. The van der Waals surface area contributed by atoms with Crippen molar-refractivity contribution in [2.24, 2.45) is 0 Å². The fraction of sp³-hybridized carbons (Fsp3) is 0.312. The van der Waals surface area contributed by atoms with E-state index >= 15 is 0 Å². The summed E-state index contributed by atoms with van der Waals surface area (Å²) in [5.74, 6) is 0.781. The van der Waals surface area contributed by atoms with Crippen LogP contribution >= 0.6 is 0 Å². The summed E-state index contributed by atoms with van der Waals surface area (Å²) in [7, 11) is 0. The first-order valence-electron chi connectivity index (χ1n) is 7.17. The summed E-state index contributed by atoms with van der Waals surface area (Å²) in [5.41, 5.74) is 0.907. The largest absolute Gasteiger partial charge is 0.494 e. The molecule has 0 aliphatic carbocycles. The summed E-state index contributed by atoms with van der Waals surface area (Å²) in [6.45, 7) is 2.92. The highest BCUT2D eigenvalue weighted by Gasteiger charge is 2.07. The summed E-state index contributed by atoms with van der Waals surface area (Å²) in [6.07, 6.45) is 2.84. The Bertz CT molecular complexity index is 692. The maximum absolute atomic E-state index is 11.6. The lowest BCUT2D eigenvalue weighted by molar-refractivity contribution is -0.385. The third-order valence-corrected chi connectivity index (χ3v) is 3.32. The third kappa shape index (κ3) is 4.18. The first kappa shape index (κ1) is 15.8. The van der Waals surface area contributed by atoms with Gasteiger partial charge in [0.2, 0.25) is 0 Å². The molecule has 0 spiro atoms. The number of nitro groups is 1. The van der Waals surface area contributed by atoms with Crippen molar-refractivity contribution in [3.05, 3.63) is 68.6 Å². The molecule has 0 atom stereocenters. The molecule has 0 aliphatic rings. The van der Waals surface area contributed by atoms with E-state index in [1.807, 2.05) is 24.3 Å². The van der Waals surface area contributed by atoms with Crippen LogP contribution in [0.1, 0.15) is 18.9 Å². The van der Waals surface area contributed by atoms with Crippen molar-refractivity contribution >= 4 is 5.69 Å². The van der Waals surface area contributed by atoms with Gasteiger partial charge in [0.05, 0.1) is 17.7 Å². The molecular formula is C16H18N2O4. The van der Waals surface area contributed by atoms with Gasteiger partial charge >= 0.3 is 0 Å². The minimum absolute atomic E-state index is 0.0873. The van der Waals surface area contributed by atoms with Gasteiger partial charge in [-0.3, -0.25) is 14.9 Å². The van der Waals surface area contributed by atoms with Crippen LogP contribution in [0.25, 0.3) is 0 Å². The molecule has 0 amide bonds. The Kier molecular flexibility index (Phi) is 5.30. The molecule has 1 heterocycles. The summed E-state index contributed by atoms with van der Waals surface area (Å²) in [4.78, 5) is 21.8. The lowest BCUT2D eigenvalue weighted by atomic mass is 10.2. The Labute approximate surface area is 128 Å². The number of ether oxygens (including phenoxy) is 1. The second-order valence-corrected chi connectivity index (χ2v) is 4.88. The molecule has 0 radical (unpaired) electrons. The standard InChI is InChI=1S/C16H18N2O4/c1-2-13-4-7-15(8-5-13)22-11-3-10-17-12-14(18(20)21)6-9-16(17)19/h4-9,12H,2-3,10-11H2,1H3. The second kappa shape index (κ2) is 7.40. The SMILES string of the molecule is CCc1ccc(OCCCn2cc([N+](=O)[O-])ccc2=O)cc1. The number of aryl methyl sites for hydroxylation is 2. The molecule has 0 aliphatic heterocycles. The number of hydrogen-bond donors (Lipinski definition) is 0. The van der Waals surface area contributed by atoms with Crippen LogP contribution in [0.4, 0.5) is 5.69 Å². The topological polar surface area (TPSA) is 74.4 Å². The number of nitrogens with zero attached hydrogens (tertiary/aromatic N) is 2. The van der Waals surface area contributed by atoms with Gasteiger partial charge < -0.3 is 9.30 Å². The fourth-order valence-electron chi connectivity index (χ4n) is 2.05. The minimum Gasteiger partial charge on any atom is -0.494 e. The Balaban J connectivity index is 1.87. The Hall–Kier alpha value is -2.63. The van der Waals surface area contributed by atoms with Gasteiger partial charge in [-0.15, -0.1) is 0 Å². The summed E-state index contributed by atoms with van der Waals surface area (Å²) in [5, 5.41) is 10.7. The van der Waals surface area contributed by atoms with E-state index in [9.17, 15) is 14.9 Å². The number of hydrogen-bond acceptors (Lipinski definition) is 4. The predicted octanol–water partition coefficient (Wildman–Crippen LogP) is 2.79. The zero-order valence-electron chi connectivity index (χ0n) is 12.4. The maximum atomic E-state index is 11.6. The number of pyridine rings is 1. The van der Waals surface area contributed by atoms with Gasteiger partial charge in [-0.05, 0) is 30.5 Å². The Morgan fingerprint density at radius 1 is 1.18 bits per heavy atom. The highest BCUT2D eigenvalue weighted by atomic mass is 16.6. The lowest BCUT2D eigenvalue weighted by Crippen LogP contribution is -2.20. The van der Waals surface area contributed by atoms with E-state index in [1.54, 1.807) is 0 Å². The van der Waals surface area contributed by atoms with E-state index in [0.717, 1.165) is 12.2 Å². The molecule has 0 N–H and O–H groups in total. The summed E-state index contributed by atoms with van der Waals surface area (Å²) >= 11 is 0. The molecule has 6 heteroatoms. The minimum atomic E-state index is -0.512. The molecule has 0 saturated heterocycles. The normalized spacial score (nSPS) is 10.4. The van der Waals surface area contributed by atoms with Crippen molar-refractivity contribution in [3.63, 3.8) is 0 Å². The van der Waals surface area contributed by atoms with E-state index in [-0.39, 0.29) is 11.2 Å². The molecule has 2 aromatic rings. The van der Waals surface area contributed by atoms with Gasteiger partial charge in [-0.25, -0.2) is 0 Å². The van der Waals surface area contributed by atoms with Gasteiger partial charge in [-0.1, -0.05) is 19.1 Å². The second-order valence-electron chi connectivity index (χ2n) is 4.88. The molecule has 1 aromatic carbocycles. The quantitative estimate of drug-likeness (QED) is 0.448. The lowest BCUT2D eigenvalue weighted by Gasteiger charge is -2.08. The van der Waals surface area contributed by atoms with E-state index in [4.69, 9.17) is 4.74 Å². The van der Waals surface area contributed by atoms with Crippen LogP contribution in [-0.2, 0) is 13.0 Å². The maximum Gasteiger partial charge on any atom is 0.285 e. The number of rotatable bonds is 7. The monoisotopic (exact) mass is 302 g/mol.